The molecule has 0 bridgehead atoms. The summed E-state index contributed by atoms with van der Waals surface area (Å²) in [6, 6.07) is 7.67. The third kappa shape index (κ3) is 5.48. The van der Waals surface area contributed by atoms with E-state index in [0.29, 0.717) is 6.61 Å². The van der Waals surface area contributed by atoms with Gasteiger partial charge in [0.1, 0.15) is 18.0 Å². The number of nitrogens with zero attached hydrogens (tertiary/aromatic N) is 1. The van der Waals surface area contributed by atoms with Gasteiger partial charge in [-0.15, -0.1) is 0 Å². The van der Waals surface area contributed by atoms with E-state index in [0.717, 1.165) is 55.5 Å². The molecule has 1 aromatic rings. The van der Waals surface area contributed by atoms with Gasteiger partial charge in [0.2, 0.25) is 0 Å². The van der Waals surface area contributed by atoms with E-state index in [1.54, 1.807) is 7.11 Å². The molecule has 0 aromatic heterocycles. The van der Waals surface area contributed by atoms with E-state index >= 15 is 0 Å². The molecule has 1 N–H and O–H groups in total. The molecule has 1 aliphatic carbocycles. The van der Waals surface area contributed by atoms with Crippen LogP contribution in [0.2, 0.25) is 0 Å². The molecule has 1 heterocycles. The molecule has 0 unspecified atom stereocenters. The number of amides is 1. The molecule has 1 aliphatic heterocycles. The van der Waals surface area contributed by atoms with E-state index in [1.807, 2.05) is 24.3 Å². The molecule has 5 nitrogen and oxygen atoms in total. The summed E-state index contributed by atoms with van der Waals surface area (Å²) in [6.45, 7) is 8.65. The number of hydrogen-bond acceptors (Lipinski definition) is 4. The summed E-state index contributed by atoms with van der Waals surface area (Å²) in [4.78, 5) is 15.2. The number of benzene rings is 1. The Hall–Kier alpha value is -1.59. The van der Waals surface area contributed by atoms with Crippen LogP contribution in [0.1, 0.15) is 52.4 Å². The van der Waals surface area contributed by atoms with Crippen LogP contribution in [0.5, 0.6) is 5.75 Å². The van der Waals surface area contributed by atoms with Gasteiger partial charge in [-0.1, -0.05) is 33.1 Å². The molecule has 2 atom stereocenters. The Labute approximate surface area is 169 Å². The highest BCUT2D eigenvalue weighted by atomic mass is 16.5. The standard InChI is InChI=1S/C23H36N2O3/c1-18-15-19(2)17-25(16-18)13-14-28-21-9-7-20(8-10-21)24-22(26)23(27-3)11-5-4-6-12-23/h7-10,18-19H,4-6,11-17H2,1-3H3,(H,24,26)/t18-,19-/m0/s1. The first-order valence-corrected chi connectivity index (χ1v) is 10.8. The Balaban J connectivity index is 1.46. The topological polar surface area (TPSA) is 50.8 Å². The summed E-state index contributed by atoms with van der Waals surface area (Å²) in [5.41, 5.74) is 0.119. The molecule has 1 saturated carbocycles. The van der Waals surface area contributed by atoms with Crippen molar-refractivity contribution in [3.63, 3.8) is 0 Å². The molecule has 156 valence electrons. The molecule has 1 aromatic carbocycles. The summed E-state index contributed by atoms with van der Waals surface area (Å²) >= 11 is 0. The third-order valence-corrected chi connectivity index (χ3v) is 6.20. The lowest BCUT2D eigenvalue weighted by atomic mass is 9.84. The third-order valence-electron chi connectivity index (χ3n) is 6.20. The number of anilines is 1. The second-order valence-electron chi connectivity index (χ2n) is 8.79. The Morgan fingerprint density at radius 3 is 2.36 bits per heavy atom. The smallest absolute Gasteiger partial charge is 0.256 e. The van der Waals surface area contributed by atoms with Crippen molar-refractivity contribution in [2.24, 2.45) is 11.8 Å². The van der Waals surface area contributed by atoms with Gasteiger partial charge in [0.05, 0.1) is 0 Å². The van der Waals surface area contributed by atoms with Crippen LogP contribution >= 0.6 is 0 Å². The largest absolute Gasteiger partial charge is 0.492 e. The normalized spacial score (nSPS) is 25.2. The highest BCUT2D eigenvalue weighted by Gasteiger charge is 2.39. The minimum atomic E-state index is -0.670. The number of carbonyl (C=O) groups excluding carboxylic acids is 1. The molecule has 28 heavy (non-hydrogen) atoms. The fourth-order valence-corrected chi connectivity index (χ4v) is 4.79. The van der Waals surface area contributed by atoms with E-state index in [4.69, 9.17) is 9.47 Å². The van der Waals surface area contributed by atoms with Crippen molar-refractivity contribution in [3.8, 4) is 5.75 Å². The zero-order valence-electron chi connectivity index (χ0n) is 17.7. The van der Waals surface area contributed by atoms with Crippen LogP contribution in [0.4, 0.5) is 5.69 Å². The Morgan fingerprint density at radius 2 is 1.75 bits per heavy atom. The van der Waals surface area contributed by atoms with E-state index < -0.39 is 5.60 Å². The second-order valence-corrected chi connectivity index (χ2v) is 8.79. The van der Waals surface area contributed by atoms with Crippen molar-refractivity contribution in [3.05, 3.63) is 24.3 Å². The Kier molecular flexibility index (Phi) is 7.36. The number of nitrogens with one attached hydrogen (secondary N) is 1. The van der Waals surface area contributed by atoms with Crippen molar-refractivity contribution in [1.82, 2.24) is 4.90 Å². The summed E-state index contributed by atoms with van der Waals surface area (Å²) in [5, 5.41) is 3.02. The van der Waals surface area contributed by atoms with Crippen molar-refractivity contribution in [2.45, 2.75) is 58.0 Å². The molecule has 5 heteroatoms. The predicted octanol–water partition coefficient (Wildman–Crippen LogP) is 4.33. The number of hydrogen-bond donors (Lipinski definition) is 1. The number of rotatable bonds is 7. The molecule has 0 radical (unpaired) electrons. The molecular weight excluding hydrogens is 352 g/mol. The first kappa shape index (κ1) is 21.1. The lowest BCUT2D eigenvalue weighted by Gasteiger charge is -2.34. The van der Waals surface area contributed by atoms with Crippen LogP contribution in [0.25, 0.3) is 0 Å². The molecule has 3 rings (SSSR count). The van der Waals surface area contributed by atoms with Gasteiger partial charge < -0.3 is 14.8 Å². The molecule has 2 fully saturated rings. The average Bonchev–Trinajstić information content (AvgIpc) is 2.69. The zero-order chi connectivity index (χ0) is 20.0. The van der Waals surface area contributed by atoms with E-state index in [9.17, 15) is 4.79 Å². The first-order chi connectivity index (χ1) is 13.5. The summed E-state index contributed by atoms with van der Waals surface area (Å²) in [6.07, 6.45) is 6.19. The van der Waals surface area contributed by atoms with Gasteiger partial charge in [-0.05, 0) is 55.4 Å². The second kappa shape index (κ2) is 9.75. The van der Waals surface area contributed by atoms with Gasteiger partial charge in [0, 0.05) is 32.4 Å². The quantitative estimate of drug-likeness (QED) is 0.755. The molecule has 1 amide bonds. The van der Waals surface area contributed by atoms with Crippen LogP contribution < -0.4 is 10.1 Å². The monoisotopic (exact) mass is 388 g/mol. The van der Waals surface area contributed by atoms with Crippen LogP contribution in [-0.4, -0.2) is 49.8 Å². The SMILES string of the molecule is COC1(C(=O)Nc2ccc(OCCN3C[C@@H](C)C[C@H](C)C3)cc2)CCCCC1. The van der Waals surface area contributed by atoms with Gasteiger partial charge in [-0.25, -0.2) is 0 Å². The summed E-state index contributed by atoms with van der Waals surface area (Å²) < 4.78 is 11.5. The number of ether oxygens (including phenoxy) is 2. The van der Waals surface area contributed by atoms with E-state index in [-0.39, 0.29) is 5.91 Å². The Bertz CT molecular complexity index is 615. The van der Waals surface area contributed by atoms with Gasteiger partial charge >= 0.3 is 0 Å². The van der Waals surface area contributed by atoms with E-state index in [1.165, 1.54) is 25.9 Å². The van der Waals surface area contributed by atoms with Crippen molar-refractivity contribution >= 4 is 11.6 Å². The Morgan fingerprint density at radius 1 is 1.11 bits per heavy atom. The lowest BCUT2D eigenvalue weighted by molar-refractivity contribution is -0.141. The summed E-state index contributed by atoms with van der Waals surface area (Å²) in [5.74, 6) is 2.35. The number of carbonyl (C=O) groups is 1. The molecule has 0 spiro atoms. The van der Waals surface area contributed by atoms with Gasteiger partial charge in [-0.2, -0.15) is 0 Å². The molecule has 2 aliphatic rings. The molecule has 1 saturated heterocycles. The maximum atomic E-state index is 12.7. The van der Waals surface area contributed by atoms with E-state index in [2.05, 4.69) is 24.1 Å². The van der Waals surface area contributed by atoms with Crippen LogP contribution in [0, 0.1) is 11.8 Å². The fraction of sp³-hybridized carbons (Fsp3) is 0.696. The lowest BCUT2D eigenvalue weighted by Crippen LogP contribution is -2.46. The predicted molar refractivity (Wildman–Crippen MR) is 113 cm³/mol. The zero-order valence-corrected chi connectivity index (χ0v) is 17.7. The number of methoxy groups -OCH3 is 1. The van der Waals surface area contributed by atoms with Gasteiger partial charge in [0.25, 0.3) is 5.91 Å². The molecular formula is C23H36N2O3. The van der Waals surface area contributed by atoms with Gasteiger partial charge in [0.15, 0.2) is 0 Å². The first-order valence-electron chi connectivity index (χ1n) is 10.8. The summed E-state index contributed by atoms with van der Waals surface area (Å²) in [7, 11) is 1.64. The van der Waals surface area contributed by atoms with Crippen molar-refractivity contribution < 1.29 is 14.3 Å². The fourth-order valence-electron chi connectivity index (χ4n) is 4.79. The number of piperidine rings is 1. The minimum absolute atomic E-state index is 0.0308. The maximum Gasteiger partial charge on any atom is 0.256 e. The van der Waals surface area contributed by atoms with Crippen molar-refractivity contribution in [1.29, 1.82) is 0 Å². The maximum absolute atomic E-state index is 12.7. The van der Waals surface area contributed by atoms with Gasteiger partial charge in [-0.3, -0.25) is 9.69 Å². The van der Waals surface area contributed by atoms with Crippen LogP contribution in [-0.2, 0) is 9.53 Å². The average molecular weight is 389 g/mol. The highest BCUT2D eigenvalue weighted by molar-refractivity contribution is 5.97. The minimum Gasteiger partial charge on any atom is -0.492 e. The van der Waals surface area contributed by atoms with Crippen LogP contribution in [0.3, 0.4) is 0 Å². The van der Waals surface area contributed by atoms with Crippen molar-refractivity contribution in [2.75, 3.05) is 38.7 Å². The highest BCUT2D eigenvalue weighted by Crippen LogP contribution is 2.32. The number of likely N-dealkylation sites (tertiary alicyclic amines) is 1. The van der Waals surface area contributed by atoms with Crippen LogP contribution in [0.15, 0.2) is 24.3 Å².